The van der Waals surface area contributed by atoms with Gasteiger partial charge in [-0.3, -0.25) is 4.79 Å². The Kier molecular flexibility index (Phi) is 1.71. The van der Waals surface area contributed by atoms with Gasteiger partial charge in [0.1, 0.15) is 6.10 Å². The van der Waals surface area contributed by atoms with Gasteiger partial charge in [0.25, 0.3) is 0 Å². The zero-order valence-electron chi connectivity index (χ0n) is 7.54. The average molecular weight is 166 g/mol. The van der Waals surface area contributed by atoms with Crippen molar-refractivity contribution >= 4 is 5.97 Å². The van der Waals surface area contributed by atoms with Crippen molar-refractivity contribution in [1.82, 2.24) is 0 Å². The van der Waals surface area contributed by atoms with Crippen LogP contribution in [0.15, 0.2) is 11.6 Å². The fraction of sp³-hybridized carbons (Fsp3) is 0.700. The van der Waals surface area contributed by atoms with Gasteiger partial charge in [-0.2, -0.15) is 0 Å². The van der Waals surface area contributed by atoms with E-state index in [1.165, 1.54) is 5.57 Å². The molecular formula is C10H14O2. The molecule has 66 valence electrons. The predicted octanol–water partition coefficient (Wildman–Crippen LogP) is 1.90. The summed E-state index contributed by atoms with van der Waals surface area (Å²) < 4.78 is 5.23. The lowest BCUT2D eigenvalue weighted by Crippen LogP contribution is -2.21. The number of rotatable bonds is 0. The lowest BCUT2D eigenvalue weighted by molar-refractivity contribution is -0.142. The van der Waals surface area contributed by atoms with Gasteiger partial charge < -0.3 is 4.74 Å². The highest BCUT2D eigenvalue weighted by Gasteiger charge is 2.41. The van der Waals surface area contributed by atoms with Crippen molar-refractivity contribution in [3.8, 4) is 0 Å². The van der Waals surface area contributed by atoms with Gasteiger partial charge in [0.05, 0.1) is 5.92 Å². The van der Waals surface area contributed by atoms with E-state index in [0.29, 0.717) is 5.92 Å². The van der Waals surface area contributed by atoms with Crippen molar-refractivity contribution < 1.29 is 9.53 Å². The molecule has 1 heterocycles. The Morgan fingerprint density at radius 2 is 2.33 bits per heavy atom. The summed E-state index contributed by atoms with van der Waals surface area (Å²) in [5, 5.41) is 0. The standard InChI is InChI=1S/C10H14O2/c1-6-3-4-8-7(2)10(11)12-9(8)5-6/h5,7-9H,3-4H2,1-2H3/t7?,8-,9-/m1/s1. The number of hydrogen-bond acceptors (Lipinski definition) is 2. The first-order valence-corrected chi connectivity index (χ1v) is 4.56. The fourth-order valence-electron chi connectivity index (χ4n) is 2.12. The molecule has 0 amide bonds. The molecular weight excluding hydrogens is 152 g/mol. The number of ether oxygens (including phenoxy) is 1. The van der Waals surface area contributed by atoms with Crippen LogP contribution in [0.25, 0.3) is 0 Å². The molecule has 2 nitrogen and oxygen atoms in total. The van der Waals surface area contributed by atoms with Crippen molar-refractivity contribution in [1.29, 1.82) is 0 Å². The molecule has 0 aromatic carbocycles. The first kappa shape index (κ1) is 7.84. The molecule has 1 aliphatic heterocycles. The Bertz CT molecular complexity index is 242. The van der Waals surface area contributed by atoms with Crippen LogP contribution in [0.1, 0.15) is 26.7 Å². The minimum absolute atomic E-state index is 0.0176. The van der Waals surface area contributed by atoms with Crippen molar-refractivity contribution in [2.24, 2.45) is 11.8 Å². The van der Waals surface area contributed by atoms with E-state index in [-0.39, 0.29) is 18.0 Å². The van der Waals surface area contributed by atoms with E-state index in [1.54, 1.807) is 0 Å². The summed E-state index contributed by atoms with van der Waals surface area (Å²) in [6.45, 7) is 4.08. The molecule has 1 unspecified atom stereocenters. The van der Waals surface area contributed by atoms with Gasteiger partial charge in [0, 0.05) is 5.92 Å². The lowest BCUT2D eigenvalue weighted by atomic mass is 9.82. The van der Waals surface area contributed by atoms with Crippen LogP contribution >= 0.6 is 0 Å². The van der Waals surface area contributed by atoms with Gasteiger partial charge in [-0.1, -0.05) is 12.5 Å². The molecule has 2 aliphatic rings. The quantitative estimate of drug-likeness (QED) is 0.406. The number of carbonyl (C=O) groups excluding carboxylic acids is 1. The highest BCUT2D eigenvalue weighted by molar-refractivity contribution is 5.75. The summed E-state index contributed by atoms with van der Waals surface area (Å²) in [4.78, 5) is 11.2. The molecule has 2 rings (SSSR count). The van der Waals surface area contributed by atoms with Crippen molar-refractivity contribution in [2.75, 3.05) is 0 Å². The van der Waals surface area contributed by atoms with Crippen LogP contribution in [-0.4, -0.2) is 12.1 Å². The molecule has 0 bridgehead atoms. The Morgan fingerprint density at radius 3 is 3.08 bits per heavy atom. The van der Waals surface area contributed by atoms with Crippen LogP contribution in [-0.2, 0) is 9.53 Å². The second-order valence-corrected chi connectivity index (χ2v) is 3.91. The molecule has 1 fully saturated rings. The molecule has 1 saturated heterocycles. The van der Waals surface area contributed by atoms with Gasteiger partial charge in [-0.15, -0.1) is 0 Å². The minimum Gasteiger partial charge on any atom is -0.458 e. The van der Waals surface area contributed by atoms with E-state index in [0.717, 1.165) is 12.8 Å². The molecule has 1 aliphatic carbocycles. The van der Waals surface area contributed by atoms with Crippen molar-refractivity contribution in [2.45, 2.75) is 32.8 Å². The molecule has 0 aromatic heterocycles. The fourth-order valence-corrected chi connectivity index (χ4v) is 2.12. The van der Waals surface area contributed by atoms with E-state index in [4.69, 9.17) is 4.74 Å². The maximum atomic E-state index is 11.2. The Balaban J connectivity index is 2.22. The van der Waals surface area contributed by atoms with Crippen molar-refractivity contribution in [3.05, 3.63) is 11.6 Å². The lowest BCUT2D eigenvalue weighted by Gasteiger charge is -2.22. The van der Waals surface area contributed by atoms with E-state index < -0.39 is 0 Å². The molecule has 3 atom stereocenters. The van der Waals surface area contributed by atoms with Gasteiger partial charge in [0.2, 0.25) is 0 Å². The van der Waals surface area contributed by atoms with Gasteiger partial charge >= 0.3 is 5.97 Å². The van der Waals surface area contributed by atoms with Gasteiger partial charge in [0.15, 0.2) is 0 Å². The minimum atomic E-state index is -0.0176. The molecule has 0 radical (unpaired) electrons. The first-order chi connectivity index (χ1) is 5.68. The van der Waals surface area contributed by atoms with Crippen LogP contribution in [0.5, 0.6) is 0 Å². The second kappa shape index (κ2) is 2.61. The van der Waals surface area contributed by atoms with Gasteiger partial charge in [-0.05, 0) is 25.8 Å². The number of fused-ring (bicyclic) bond motifs is 1. The highest BCUT2D eigenvalue weighted by Crippen LogP contribution is 2.37. The normalized spacial score (nSPS) is 40.3. The molecule has 12 heavy (non-hydrogen) atoms. The maximum absolute atomic E-state index is 11.2. The van der Waals surface area contributed by atoms with Crippen LogP contribution in [0.3, 0.4) is 0 Å². The maximum Gasteiger partial charge on any atom is 0.309 e. The third-order valence-corrected chi connectivity index (χ3v) is 3.01. The number of hydrogen-bond donors (Lipinski definition) is 0. The number of carbonyl (C=O) groups is 1. The molecule has 2 heteroatoms. The van der Waals surface area contributed by atoms with Crippen molar-refractivity contribution in [3.63, 3.8) is 0 Å². The summed E-state index contributed by atoms with van der Waals surface area (Å²) in [6.07, 6.45) is 4.43. The molecule has 0 N–H and O–H groups in total. The topological polar surface area (TPSA) is 26.3 Å². The molecule has 0 spiro atoms. The zero-order chi connectivity index (χ0) is 8.72. The molecule has 0 saturated carbocycles. The van der Waals surface area contributed by atoms with Crippen LogP contribution < -0.4 is 0 Å². The summed E-state index contributed by atoms with van der Waals surface area (Å²) >= 11 is 0. The van der Waals surface area contributed by atoms with Crippen LogP contribution in [0, 0.1) is 11.8 Å². The summed E-state index contributed by atoms with van der Waals surface area (Å²) in [7, 11) is 0. The number of esters is 1. The zero-order valence-corrected chi connectivity index (χ0v) is 7.54. The van der Waals surface area contributed by atoms with E-state index in [1.807, 2.05) is 6.92 Å². The Hall–Kier alpha value is -0.790. The third-order valence-electron chi connectivity index (χ3n) is 3.01. The SMILES string of the molecule is CC1=C[C@H]2OC(=O)C(C)[C@H]2CC1. The average Bonchev–Trinajstić information content (AvgIpc) is 2.28. The van der Waals surface area contributed by atoms with Gasteiger partial charge in [-0.25, -0.2) is 0 Å². The first-order valence-electron chi connectivity index (χ1n) is 4.56. The Morgan fingerprint density at radius 1 is 1.58 bits per heavy atom. The van der Waals surface area contributed by atoms with E-state index >= 15 is 0 Å². The summed E-state index contributed by atoms with van der Waals surface area (Å²) in [5.41, 5.74) is 1.36. The van der Waals surface area contributed by atoms with Crippen LogP contribution in [0.2, 0.25) is 0 Å². The molecule has 0 aromatic rings. The van der Waals surface area contributed by atoms with E-state index in [2.05, 4.69) is 13.0 Å². The Labute approximate surface area is 72.6 Å². The monoisotopic (exact) mass is 166 g/mol. The van der Waals surface area contributed by atoms with E-state index in [9.17, 15) is 4.79 Å². The highest BCUT2D eigenvalue weighted by atomic mass is 16.6. The second-order valence-electron chi connectivity index (χ2n) is 3.91. The summed E-state index contributed by atoms with van der Waals surface area (Å²) in [6, 6.07) is 0. The third kappa shape index (κ3) is 1.06. The summed E-state index contributed by atoms with van der Waals surface area (Å²) in [5.74, 6) is 0.538. The predicted molar refractivity (Wildman–Crippen MR) is 45.5 cm³/mol. The smallest absolute Gasteiger partial charge is 0.309 e. The van der Waals surface area contributed by atoms with Crippen LogP contribution in [0.4, 0.5) is 0 Å². The largest absolute Gasteiger partial charge is 0.458 e. The number of allylic oxidation sites excluding steroid dienone is 1.